The number of carbonyl (C=O) groups is 1. The molecule has 5 nitrogen and oxygen atoms in total. The molecule has 1 aliphatic rings. The minimum absolute atomic E-state index is 0.0229. The van der Waals surface area contributed by atoms with Gasteiger partial charge in [-0.05, 0) is 42.7 Å². The zero-order chi connectivity index (χ0) is 16.4. The summed E-state index contributed by atoms with van der Waals surface area (Å²) in [7, 11) is 0. The van der Waals surface area contributed by atoms with Gasteiger partial charge in [0.15, 0.2) is 0 Å². The van der Waals surface area contributed by atoms with Crippen LogP contribution in [-0.2, 0) is 0 Å². The molecule has 0 saturated heterocycles. The van der Waals surface area contributed by atoms with E-state index in [-0.39, 0.29) is 11.9 Å². The van der Waals surface area contributed by atoms with E-state index in [2.05, 4.69) is 36.1 Å². The van der Waals surface area contributed by atoms with E-state index in [9.17, 15) is 4.79 Å². The van der Waals surface area contributed by atoms with Crippen LogP contribution in [0.1, 0.15) is 50.4 Å². The van der Waals surface area contributed by atoms with Gasteiger partial charge in [0, 0.05) is 30.2 Å². The third kappa shape index (κ3) is 3.60. The van der Waals surface area contributed by atoms with Crippen LogP contribution in [0.4, 0.5) is 0 Å². The Morgan fingerprint density at radius 1 is 1.39 bits per heavy atom. The lowest BCUT2D eigenvalue weighted by molar-refractivity contribution is 0.0861. The molecular formula is C18H24N4O. The molecule has 1 aliphatic carbocycles. The van der Waals surface area contributed by atoms with Gasteiger partial charge in [-0.15, -0.1) is 0 Å². The van der Waals surface area contributed by atoms with Crippen LogP contribution in [-0.4, -0.2) is 26.5 Å². The Labute approximate surface area is 137 Å². The molecule has 0 aromatic carbocycles. The first-order valence-corrected chi connectivity index (χ1v) is 8.20. The lowest BCUT2D eigenvalue weighted by atomic mass is 9.70. The first kappa shape index (κ1) is 15.7. The number of hydrogen-bond acceptors (Lipinski definition) is 3. The van der Waals surface area contributed by atoms with Crippen LogP contribution in [0, 0.1) is 11.3 Å². The van der Waals surface area contributed by atoms with Gasteiger partial charge in [0.25, 0.3) is 5.91 Å². The maximum atomic E-state index is 12.6. The predicted octanol–water partition coefficient (Wildman–Crippen LogP) is 3.21. The van der Waals surface area contributed by atoms with Gasteiger partial charge in [-0.25, -0.2) is 9.97 Å². The number of hydrogen-bond donors (Lipinski definition) is 1. The van der Waals surface area contributed by atoms with Gasteiger partial charge in [0.1, 0.15) is 12.1 Å². The minimum atomic E-state index is -0.0229. The molecule has 0 bridgehead atoms. The molecule has 2 atom stereocenters. The van der Waals surface area contributed by atoms with E-state index in [0.717, 1.165) is 19.3 Å². The molecule has 122 valence electrons. The molecule has 5 heteroatoms. The Morgan fingerprint density at radius 2 is 2.22 bits per heavy atom. The number of rotatable bonds is 3. The molecule has 2 unspecified atom stereocenters. The topological polar surface area (TPSA) is 59.8 Å². The van der Waals surface area contributed by atoms with E-state index in [1.54, 1.807) is 35.4 Å². The van der Waals surface area contributed by atoms with Crippen LogP contribution in [0.25, 0.3) is 5.82 Å². The number of pyridine rings is 1. The SMILES string of the molecule is CC1CC(C)(C)CCC1NC(=O)c1ccnc(-n2ccnc2)c1. The zero-order valence-electron chi connectivity index (χ0n) is 14.0. The molecule has 2 aromatic rings. The normalized spacial score (nSPS) is 23.4. The van der Waals surface area contributed by atoms with Crippen LogP contribution in [0.3, 0.4) is 0 Å². The van der Waals surface area contributed by atoms with Gasteiger partial charge in [0.05, 0.1) is 0 Å². The molecule has 3 rings (SSSR count). The van der Waals surface area contributed by atoms with Gasteiger partial charge in [-0.3, -0.25) is 9.36 Å². The smallest absolute Gasteiger partial charge is 0.251 e. The van der Waals surface area contributed by atoms with Crippen molar-refractivity contribution in [3.8, 4) is 5.82 Å². The number of aromatic nitrogens is 3. The summed E-state index contributed by atoms with van der Waals surface area (Å²) in [5, 5.41) is 3.20. The van der Waals surface area contributed by atoms with Crippen molar-refractivity contribution in [2.45, 2.75) is 46.1 Å². The van der Waals surface area contributed by atoms with E-state index in [1.165, 1.54) is 0 Å². The van der Waals surface area contributed by atoms with E-state index in [0.29, 0.717) is 22.7 Å². The zero-order valence-corrected chi connectivity index (χ0v) is 14.0. The molecule has 2 heterocycles. The summed E-state index contributed by atoms with van der Waals surface area (Å²) < 4.78 is 1.79. The minimum Gasteiger partial charge on any atom is -0.349 e. The fourth-order valence-corrected chi connectivity index (χ4v) is 3.51. The Kier molecular flexibility index (Phi) is 4.20. The van der Waals surface area contributed by atoms with Crippen LogP contribution in [0.5, 0.6) is 0 Å². The van der Waals surface area contributed by atoms with Crippen molar-refractivity contribution in [1.29, 1.82) is 0 Å². The third-order valence-electron chi connectivity index (χ3n) is 4.79. The molecule has 1 N–H and O–H groups in total. The molecule has 1 saturated carbocycles. The first-order valence-electron chi connectivity index (χ1n) is 8.20. The quantitative estimate of drug-likeness (QED) is 0.946. The van der Waals surface area contributed by atoms with Gasteiger partial charge in [-0.2, -0.15) is 0 Å². The second kappa shape index (κ2) is 6.14. The highest BCUT2D eigenvalue weighted by Crippen LogP contribution is 2.38. The summed E-state index contributed by atoms with van der Waals surface area (Å²) in [6.07, 6.45) is 10.2. The van der Waals surface area contributed by atoms with Crippen LogP contribution in [0.15, 0.2) is 37.1 Å². The van der Waals surface area contributed by atoms with Crippen molar-refractivity contribution >= 4 is 5.91 Å². The fourth-order valence-electron chi connectivity index (χ4n) is 3.51. The molecule has 0 spiro atoms. The molecule has 23 heavy (non-hydrogen) atoms. The number of imidazole rings is 1. The summed E-state index contributed by atoms with van der Waals surface area (Å²) >= 11 is 0. The highest BCUT2D eigenvalue weighted by atomic mass is 16.1. The van der Waals surface area contributed by atoms with Crippen molar-refractivity contribution in [2.75, 3.05) is 0 Å². The van der Waals surface area contributed by atoms with E-state index in [1.807, 2.05) is 6.20 Å². The lowest BCUT2D eigenvalue weighted by Crippen LogP contribution is -2.44. The van der Waals surface area contributed by atoms with Crippen LogP contribution < -0.4 is 5.32 Å². The van der Waals surface area contributed by atoms with Gasteiger partial charge in [0.2, 0.25) is 0 Å². The summed E-state index contributed by atoms with van der Waals surface area (Å²) in [6, 6.07) is 3.81. The molecular weight excluding hydrogens is 288 g/mol. The van der Waals surface area contributed by atoms with Crippen molar-refractivity contribution in [3.05, 3.63) is 42.6 Å². The Balaban J connectivity index is 1.70. The van der Waals surface area contributed by atoms with Crippen molar-refractivity contribution in [3.63, 3.8) is 0 Å². The van der Waals surface area contributed by atoms with E-state index >= 15 is 0 Å². The summed E-state index contributed by atoms with van der Waals surface area (Å²) in [5.41, 5.74) is 1.02. The molecule has 1 amide bonds. The summed E-state index contributed by atoms with van der Waals surface area (Å²) in [5.74, 6) is 1.18. The van der Waals surface area contributed by atoms with Gasteiger partial charge < -0.3 is 5.32 Å². The third-order valence-corrected chi connectivity index (χ3v) is 4.79. The molecule has 1 fully saturated rings. The largest absolute Gasteiger partial charge is 0.349 e. The summed E-state index contributed by atoms with van der Waals surface area (Å²) in [6.45, 7) is 6.85. The second-order valence-corrected chi connectivity index (χ2v) is 7.34. The van der Waals surface area contributed by atoms with E-state index in [4.69, 9.17) is 0 Å². The monoisotopic (exact) mass is 312 g/mol. The first-order chi connectivity index (χ1) is 10.9. The maximum Gasteiger partial charge on any atom is 0.251 e. The number of carbonyl (C=O) groups excluding carboxylic acids is 1. The summed E-state index contributed by atoms with van der Waals surface area (Å²) in [4.78, 5) is 20.9. The van der Waals surface area contributed by atoms with Crippen molar-refractivity contribution < 1.29 is 4.79 Å². The molecule has 0 radical (unpaired) electrons. The van der Waals surface area contributed by atoms with Crippen molar-refractivity contribution in [2.24, 2.45) is 11.3 Å². The molecule has 0 aliphatic heterocycles. The maximum absolute atomic E-state index is 12.6. The standard InChI is InChI=1S/C18H24N4O/c1-13-11-18(2,3)6-4-15(13)21-17(23)14-5-7-20-16(10-14)22-9-8-19-12-22/h5,7-10,12-13,15H,4,6,11H2,1-3H3,(H,21,23). The number of nitrogens with one attached hydrogen (secondary N) is 1. The Morgan fingerprint density at radius 3 is 2.91 bits per heavy atom. The number of nitrogens with zero attached hydrogens (tertiary/aromatic N) is 3. The van der Waals surface area contributed by atoms with Crippen LogP contribution >= 0.6 is 0 Å². The second-order valence-electron chi connectivity index (χ2n) is 7.34. The lowest BCUT2D eigenvalue weighted by Gasteiger charge is -2.39. The fraction of sp³-hybridized carbons (Fsp3) is 0.500. The highest BCUT2D eigenvalue weighted by molar-refractivity contribution is 5.94. The van der Waals surface area contributed by atoms with Gasteiger partial charge >= 0.3 is 0 Å². The van der Waals surface area contributed by atoms with Crippen LogP contribution in [0.2, 0.25) is 0 Å². The average Bonchev–Trinajstić information content (AvgIpc) is 3.04. The van der Waals surface area contributed by atoms with Gasteiger partial charge in [-0.1, -0.05) is 20.8 Å². The van der Waals surface area contributed by atoms with E-state index < -0.39 is 0 Å². The predicted molar refractivity (Wildman–Crippen MR) is 89.4 cm³/mol. The Bertz CT molecular complexity index is 678. The highest BCUT2D eigenvalue weighted by Gasteiger charge is 2.33. The average molecular weight is 312 g/mol. The number of amides is 1. The van der Waals surface area contributed by atoms with Crippen molar-refractivity contribution in [1.82, 2.24) is 19.9 Å². The molecule has 2 aromatic heterocycles. The Hall–Kier alpha value is -2.17.